The van der Waals surface area contributed by atoms with Crippen LogP contribution in [0.1, 0.15) is 19.4 Å². The van der Waals surface area contributed by atoms with Gasteiger partial charge in [0, 0.05) is 50.1 Å². The largest absolute Gasteiger partial charge is 0.383 e. The van der Waals surface area contributed by atoms with Crippen molar-refractivity contribution in [1.29, 1.82) is 0 Å². The molecule has 1 N–H and O–H groups in total. The molecule has 0 fully saturated rings. The van der Waals surface area contributed by atoms with E-state index < -0.39 is 0 Å². The standard InChI is InChI=1S/C16H27BrN2O2/c1-13(2)19(8-10-21-4)15-6-5-14(16(17)11-15)12-18-7-9-20-3/h5-6,11,13,18H,7-10,12H2,1-4H3. The Bertz CT molecular complexity index is 413. The highest BCUT2D eigenvalue weighted by Gasteiger charge is 2.11. The maximum Gasteiger partial charge on any atom is 0.0637 e. The number of rotatable bonds is 10. The van der Waals surface area contributed by atoms with Gasteiger partial charge in [0.1, 0.15) is 0 Å². The van der Waals surface area contributed by atoms with Crippen LogP contribution in [0.5, 0.6) is 0 Å². The molecule has 0 aliphatic heterocycles. The molecule has 4 nitrogen and oxygen atoms in total. The van der Waals surface area contributed by atoms with E-state index >= 15 is 0 Å². The highest BCUT2D eigenvalue weighted by molar-refractivity contribution is 9.10. The lowest BCUT2D eigenvalue weighted by Crippen LogP contribution is -2.33. The van der Waals surface area contributed by atoms with Gasteiger partial charge in [-0.3, -0.25) is 0 Å². The van der Waals surface area contributed by atoms with Gasteiger partial charge in [-0.25, -0.2) is 0 Å². The molecule has 0 heterocycles. The van der Waals surface area contributed by atoms with Crippen LogP contribution in [-0.4, -0.2) is 46.6 Å². The smallest absolute Gasteiger partial charge is 0.0637 e. The van der Waals surface area contributed by atoms with E-state index in [0.717, 1.165) is 37.3 Å². The van der Waals surface area contributed by atoms with Crippen LogP contribution in [0.3, 0.4) is 0 Å². The van der Waals surface area contributed by atoms with Crippen LogP contribution in [0.2, 0.25) is 0 Å². The first kappa shape index (κ1) is 18.4. The summed E-state index contributed by atoms with van der Waals surface area (Å²) in [5, 5.41) is 3.36. The number of methoxy groups -OCH3 is 2. The van der Waals surface area contributed by atoms with E-state index in [1.807, 2.05) is 0 Å². The topological polar surface area (TPSA) is 33.7 Å². The lowest BCUT2D eigenvalue weighted by Gasteiger charge is -2.29. The van der Waals surface area contributed by atoms with Crippen LogP contribution in [0.4, 0.5) is 5.69 Å². The van der Waals surface area contributed by atoms with Crippen LogP contribution in [0, 0.1) is 0 Å². The summed E-state index contributed by atoms with van der Waals surface area (Å²) in [6, 6.07) is 6.97. The van der Waals surface area contributed by atoms with Gasteiger partial charge in [-0.05, 0) is 31.5 Å². The Hall–Kier alpha value is -0.620. The van der Waals surface area contributed by atoms with Gasteiger partial charge in [0.2, 0.25) is 0 Å². The zero-order chi connectivity index (χ0) is 15.7. The summed E-state index contributed by atoms with van der Waals surface area (Å²) in [5.41, 5.74) is 2.47. The van der Waals surface area contributed by atoms with Crippen LogP contribution in [-0.2, 0) is 16.0 Å². The molecular weight excluding hydrogens is 332 g/mol. The van der Waals surface area contributed by atoms with Crippen molar-refractivity contribution in [3.8, 4) is 0 Å². The van der Waals surface area contributed by atoms with Crippen molar-refractivity contribution in [3.63, 3.8) is 0 Å². The molecule has 0 unspecified atom stereocenters. The van der Waals surface area contributed by atoms with E-state index in [4.69, 9.17) is 9.47 Å². The fourth-order valence-corrected chi connectivity index (χ4v) is 2.64. The molecule has 5 heteroatoms. The second kappa shape index (κ2) is 10.2. The number of nitrogens with one attached hydrogen (secondary N) is 1. The van der Waals surface area contributed by atoms with Gasteiger partial charge in [-0.2, -0.15) is 0 Å². The number of benzene rings is 1. The fraction of sp³-hybridized carbons (Fsp3) is 0.625. The second-order valence-electron chi connectivity index (χ2n) is 5.23. The summed E-state index contributed by atoms with van der Waals surface area (Å²) in [6.07, 6.45) is 0. The Labute approximate surface area is 136 Å². The van der Waals surface area contributed by atoms with Crippen molar-refractivity contribution in [1.82, 2.24) is 5.32 Å². The molecule has 0 aliphatic rings. The van der Waals surface area contributed by atoms with Gasteiger partial charge in [-0.15, -0.1) is 0 Å². The average molecular weight is 359 g/mol. The van der Waals surface area contributed by atoms with Crippen molar-refractivity contribution in [2.75, 3.05) is 45.4 Å². The predicted octanol–water partition coefficient (Wildman–Crippen LogP) is 3.05. The number of ether oxygens (including phenoxy) is 2. The third-order valence-electron chi connectivity index (χ3n) is 3.33. The minimum absolute atomic E-state index is 0.442. The Morgan fingerprint density at radius 3 is 2.48 bits per heavy atom. The Morgan fingerprint density at radius 2 is 1.90 bits per heavy atom. The molecule has 0 bridgehead atoms. The van der Waals surface area contributed by atoms with Gasteiger partial charge in [0.15, 0.2) is 0 Å². The van der Waals surface area contributed by atoms with Crippen LogP contribution in [0.15, 0.2) is 22.7 Å². The highest BCUT2D eigenvalue weighted by Crippen LogP contribution is 2.25. The number of anilines is 1. The van der Waals surface area contributed by atoms with Gasteiger partial charge < -0.3 is 19.7 Å². The van der Waals surface area contributed by atoms with E-state index in [2.05, 4.69) is 58.2 Å². The van der Waals surface area contributed by atoms with E-state index in [1.54, 1.807) is 14.2 Å². The summed E-state index contributed by atoms with van der Waals surface area (Å²) in [7, 11) is 3.45. The molecule has 0 spiro atoms. The molecule has 0 saturated carbocycles. The van der Waals surface area contributed by atoms with E-state index in [9.17, 15) is 0 Å². The summed E-state index contributed by atoms with van der Waals surface area (Å²) < 4.78 is 11.4. The molecule has 0 amide bonds. The highest BCUT2D eigenvalue weighted by atomic mass is 79.9. The SMILES string of the molecule is COCCNCc1ccc(N(CCOC)C(C)C)cc1Br. The molecule has 0 saturated heterocycles. The zero-order valence-electron chi connectivity index (χ0n) is 13.5. The molecule has 21 heavy (non-hydrogen) atoms. The molecule has 1 aromatic carbocycles. The normalized spacial score (nSPS) is 11.1. The summed E-state index contributed by atoms with van der Waals surface area (Å²) in [6.45, 7) is 8.45. The van der Waals surface area contributed by atoms with Gasteiger partial charge in [0.05, 0.1) is 13.2 Å². The molecule has 1 aromatic rings. The summed E-state index contributed by atoms with van der Waals surface area (Å²) in [4.78, 5) is 2.34. The number of hydrogen-bond acceptors (Lipinski definition) is 4. The maximum atomic E-state index is 5.20. The van der Waals surface area contributed by atoms with E-state index in [0.29, 0.717) is 6.04 Å². The molecule has 0 atom stereocenters. The molecular formula is C16H27BrN2O2. The third-order valence-corrected chi connectivity index (χ3v) is 4.06. The fourth-order valence-electron chi connectivity index (χ4n) is 2.13. The monoisotopic (exact) mass is 358 g/mol. The lowest BCUT2D eigenvalue weighted by atomic mass is 10.1. The maximum absolute atomic E-state index is 5.20. The van der Waals surface area contributed by atoms with Gasteiger partial charge in [-0.1, -0.05) is 22.0 Å². The first-order valence-corrected chi connectivity index (χ1v) is 8.13. The van der Waals surface area contributed by atoms with E-state index in [-0.39, 0.29) is 0 Å². The number of hydrogen-bond donors (Lipinski definition) is 1. The molecule has 1 rings (SSSR count). The van der Waals surface area contributed by atoms with Gasteiger partial charge in [0.25, 0.3) is 0 Å². The first-order chi connectivity index (χ1) is 10.1. The Balaban J connectivity index is 2.70. The van der Waals surface area contributed by atoms with Crippen molar-refractivity contribution in [2.45, 2.75) is 26.4 Å². The lowest BCUT2D eigenvalue weighted by molar-refractivity contribution is 0.199. The minimum Gasteiger partial charge on any atom is -0.383 e. The molecule has 120 valence electrons. The van der Waals surface area contributed by atoms with Crippen LogP contribution < -0.4 is 10.2 Å². The quantitative estimate of drug-likeness (QED) is 0.651. The third kappa shape index (κ3) is 6.34. The number of halogens is 1. The minimum atomic E-state index is 0.442. The molecule has 0 aliphatic carbocycles. The Morgan fingerprint density at radius 1 is 1.19 bits per heavy atom. The first-order valence-electron chi connectivity index (χ1n) is 7.33. The van der Waals surface area contributed by atoms with Crippen molar-refractivity contribution >= 4 is 21.6 Å². The van der Waals surface area contributed by atoms with Crippen molar-refractivity contribution in [3.05, 3.63) is 28.2 Å². The van der Waals surface area contributed by atoms with Gasteiger partial charge >= 0.3 is 0 Å². The Kier molecular flexibility index (Phi) is 8.92. The summed E-state index contributed by atoms with van der Waals surface area (Å²) in [5.74, 6) is 0. The molecule has 0 radical (unpaired) electrons. The zero-order valence-corrected chi connectivity index (χ0v) is 15.1. The van der Waals surface area contributed by atoms with Crippen molar-refractivity contribution < 1.29 is 9.47 Å². The van der Waals surface area contributed by atoms with Crippen molar-refractivity contribution in [2.24, 2.45) is 0 Å². The van der Waals surface area contributed by atoms with Crippen LogP contribution >= 0.6 is 15.9 Å². The average Bonchev–Trinajstić information content (AvgIpc) is 2.45. The predicted molar refractivity (Wildman–Crippen MR) is 92.1 cm³/mol. The van der Waals surface area contributed by atoms with Crippen LogP contribution in [0.25, 0.3) is 0 Å². The summed E-state index contributed by atoms with van der Waals surface area (Å²) >= 11 is 3.67. The second-order valence-corrected chi connectivity index (χ2v) is 6.08. The molecule has 0 aromatic heterocycles. The van der Waals surface area contributed by atoms with E-state index in [1.165, 1.54) is 11.3 Å². The number of nitrogens with zero attached hydrogens (tertiary/aromatic N) is 1.